The van der Waals surface area contributed by atoms with Gasteiger partial charge < -0.3 is 4.74 Å². The Labute approximate surface area is 132 Å². The fraction of sp³-hybridized carbons (Fsp3) is 0.294. The molecule has 2 rings (SSSR count). The molecule has 0 radical (unpaired) electrons. The summed E-state index contributed by atoms with van der Waals surface area (Å²) in [5.74, 6) is 0.596. The van der Waals surface area contributed by atoms with Crippen molar-refractivity contribution in [3.05, 3.63) is 59.7 Å². The van der Waals surface area contributed by atoms with E-state index in [1.807, 2.05) is 50.2 Å². The van der Waals surface area contributed by atoms with E-state index in [0.717, 1.165) is 11.1 Å². The summed E-state index contributed by atoms with van der Waals surface area (Å²) in [6.07, 6.45) is 0. The van der Waals surface area contributed by atoms with Crippen LogP contribution in [0.5, 0.6) is 5.75 Å². The summed E-state index contributed by atoms with van der Waals surface area (Å²) < 4.78 is 33.0. The summed E-state index contributed by atoms with van der Waals surface area (Å²) >= 11 is 0. The fourth-order valence-corrected chi connectivity index (χ4v) is 3.33. The second-order valence-electron chi connectivity index (χ2n) is 5.38. The van der Waals surface area contributed by atoms with E-state index in [-0.39, 0.29) is 17.4 Å². The molecule has 0 amide bonds. The first-order valence-electron chi connectivity index (χ1n) is 7.15. The molecule has 0 aliphatic carbocycles. The molecule has 0 spiro atoms. The van der Waals surface area contributed by atoms with Crippen molar-refractivity contribution in [1.29, 1.82) is 0 Å². The molecule has 0 saturated heterocycles. The van der Waals surface area contributed by atoms with Crippen molar-refractivity contribution in [2.45, 2.75) is 31.2 Å². The molecule has 0 bridgehead atoms. The Balaban J connectivity index is 2.29. The van der Waals surface area contributed by atoms with Crippen LogP contribution in [0.4, 0.5) is 0 Å². The van der Waals surface area contributed by atoms with Gasteiger partial charge in [0.15, 0.2) is 0 Å². The molecule has 0 aliphatic heterocycles. The van der Waals surface area contributed by atoms with Crippen LogP contribution in [0.1, 0.15) is 30.9 Å². The third-order valence-electron chi connectivity index (χ3n) is 3.45. The molecule has 0 aromatic heterocycles. The van der Waals surface area contributed by atoms with Gasteiger partial charge in [0.05, 0.1) is 7.11 Å². The Morgan fingerprint density at radius 2 is 1.77 bits per heavy atom. The van der Waals surface area contributed by atoms with Crippen LogP contribution >= 0.6 is 0 Å². The highest BCUT2D eigenvalue weighted by atomic mass is 32.2. The number of benzene rings is 2. The summed E-state index contributed by atoms with van der Waals surface area (Å²) in [4.78, 5) is 0.178. The number of sulfonamides is 1. The monoisotopic (exact) mass is 319 g/mol. The van der Waals surface area contributed by atoms with E-state index in [0.29, 0.717) is 5.75 Å². The molecule has 2 aromatic rings. The topological polar surface area (TPSA) is 55.4 Å². The first-order valence-corrected chi connectivity index (χ1v) is 8.64. The van der Waals surface area contributed by atoms with Crippen LogP contribution in [-0.4, -0.2) is 15.5 Å². The summed E-state index contributed by atoms with van der Waals surface area (Å²) in [5, 5.41) is 0. The maximum absolute atomic E-state index is 12.6. The van der Waals surface area contributed by atoms with Crippen LogP contribution in [0.25, 0.3) is 0 Å². The highest BCUT2D eigenvalue weighted by Crippen LogP contribution is 2.28. The van der Waals surface area contributed by atoms with Gasteiger partial charge in [-0.1, -0.05) is 50.2 Å². The third-order valence-corrected chi connectivity index (χ3v) is 4.88. The lowest BCUT2D eigenvalue weighted by molar-refractivity contribution is 0.402. The summed E-state index contributed by atoms with van der Waals surface area (Å²) in [5.41, 5.74) is 1.87. The van der Waals surface area contributed by atoms with Crippen LogP contribution < -0.4 is 9.46 Å². The Morgan fingerprint density at radius 1 is 1.09 bits per heavy atom. The van der Waals surface area contributed by atoms with Crippen LogP contribution in [0, 0.1) is 0 Å². The van der Waals surface area contributed by atoms with E-state index in [4.69, 9.17) is 4.74 Å². The van der Waals surface area contributed by atoms with E-state index >= 15 is 0 Å². The van der Waals surface area contributed by atoms with Crippen LogP contribution in [0.3, 0.4) is 0 Å². The van der Waals surface area contributed by atoms with Crippen molar-refractivity contribution < 1.29 is 13.2 Å². The van der Waals surface area contributed by atoms with Crippen molar-refractivity contribution >= 4 is 10.0 Å². The van der Waals surface area contributed by atoms with E-state index in [9.17, 15) is 8.42 Å². The molecule has 0 aliphatic rings. The summed E-state index contributed by atoms with van der Waals surface area (Å²) in [7, 11) is -2.16. The van der Waals surface area contributed by atoms with Gasteiger partial charge in [-0.2, -0.15) is 0 Å². The molecule has 5 heteroatoms. The highest BCUT2D eigenvalue weighted by molar-refractivity contribution is 7.89. The molecular formula is C17H21NO3S. The van der Waals surface area contributed by atoms with Crippen LogP contribution in [0.2, 0.25) is 0 Å². The molecule has 1 N–H and O–H groups in total. The second-order valence-corrected chi connectivity index (χ2v) is 7.11. The lowest BCUT2D eigenvalue weighted by Gasteiger charge is -2.14. The maximum atomic E-state index is 12.6. The summed E-state index contributed by atoms with van der Waals surface area (Å²) in [6.45, 7) is 4.30. The zero-order chi connectivity index (χ0) is 16.2. The lowest BCUT2D eigenvalue weighted by atomic mass is 10.0. The lowest BCUT2D eigenvalue weighted by Crippen LogP contribution is -2.24. The van der Waals surface area contributed by atoms with Gasteiger partial charge in [-0.25, -0.2) is 13.1 Å². The third kappa shape index (κ3) is 3.87. The minimum atomic E-state index is -3.63. The molecule has 22 heavy (non-hydrogen) atoms. The molecule has 4 nitrogen and oxygen atoms in total. The number of ether oxygens (including phenoxy) is 1. The molecule has 2 aromatic carbocycles. The van der Waals surface area contributed by atoms with E-state index in [2.05, 4.69) is 4.72 Å². The standard InChI is InChI=1S/C17H21NO3S/c1-13(2)15-9-10-16(21-3)17(11-15)22(19,20)18-12-14-7-5-4-6-8-14/h4-11,13,18H,12H2,1-3H3. The second kappa shape index (κ2) is 6.94. The zero-order valence-corrected chi connectivity index (χ0v) is 13.9. The average molecular weight is 319 g/mol. The molecular weight excluding hydrogens is 298 g/mol. The van der Waals surface area contributed by atoms with Crippen LogP contribution in [-0.2, 0) is 16.6 Å². The van der Waals surface area contributed by atoms with Gasteiger partial charge in [-0.15, -0.1) is 0 Å². The molecule has 0 fully saturated rings. The zero-order valence-electron chi connectivity index (χ0n) is 13.0. The van der Waals surface area contributed by atoms with E-state index < -0.39 is 10.0 Å². The Bertz CT molecular complexity index is 725. The maximum Gasteiger partial charge on any atom is 0.244 e. The van der Waals surface area contributed by atoms with E-state index in [1.165, 1.54) is 7.11 Å². The molecule has 0 saturated carbocycles. The average Bonchev–Trinajstić information content (AvgIpc) is 2.53. The quantitative estimate of drug-likeness (QED) is 0.889. The number of rotatable bonds is 6. The number of methoxy groups -OCH3 is 1. The van der Waals surface area contributed by atoms with Crippen molar-refractivity contribution in [3.8, 4) is 5.75 Å². The first-order chi connectivity index (χ1) is 10.4. The molecule has 118 valence electrons. The summed E-state index contributed by atoms with van der Waals surface area (Å²) in [6, 6.07) is 14.7. The van der Waals surface area contributed by atoms with Crippen molar-refractivity contribution in [2.24, 2.45) is 0 Å². The van der Waals surface area contributed by atoms with E-state index in [1.54, 1.807) is 12.1 Å². The number of hydrogen-bond donors (Lipinski definition) is 1. The molecule has 0 unspecified atom stereocenters. The van der Waals surface area contributed by atoms with Gasteiger partial charge in [0.25, 0.3) is 0 Å². The van der Waals surface area contributed by atoms with Gasteiger partial charge in [0, 0.05) is 6.54 Å². The van der Waals surface area contributed by atoms with Crippen molar-refractivity contribution in [3.63, 3.8) is 0 Å². The van der Waals surface area contributed by atoms with Crippen molar-refractivity contribution in [1.82, 2.24) is 4.72 Å². The van der Waals surface area contributed by atoms with Gasteiger partial charge >= 0.3 is 0 Å². The minimum Gasteiger partial charge on any atom is -0.495 e. The fourth-order valence-electron chi connectivity index (χ4n) is 2.11. The number of hydrogen-bond acceptors (Lipinski definition) is 3. The van der Waals surface area contributed by atoms with Crippen LogP contribution in [0.15, 0.2) is 53.4 Å². The Morgan fingerprint density at radius 3 is 2.36 bits per heavy atom. The predicted molar refractivity (Wildman–Crippen MR) is 87.6 cm³/mol. The van der Waals surface area contributed by atoms with Gasteiger partial charge in [0.2, 0.25) is 10.0 Å². The highest BCUT2D eigenvalue weighted by Gasteiger charge is 2.20. The van der Waals surface area contributed by atoms with Gasteiger partial charge in [-0.3, -0.25) is 0 Å². The normalized spacial score (nSPS) is 11.6. The predicted octanol–water partition coefficient (Wildman–Crippen LogP) is 3.30. The van der Waals surface area contributed by atoms with Gasteiger partial charge in [-0.05, 0) is 29.2 Å². The Hall–Kier alpha value is -1.85. The Kier molecular flexibility index (Phi) is 5.21. The number of nitrogens with one attached hydrogen (secondary N) is 1. The minimum absolute atomic E-state index is 0.178. The molecule has 0 atom stereocenters. The largest absolute Gasteiger partial charge is 0.495 e. The molecule has 0 heterocycles. The van der Waals surface area contributed by atoms with Gasteiger partial charge in [0.1, 0.15) is 10.6 Å². The first kappa shape index (κ1) is 16.5. The van der Waals surface area contributed by atoms with Crippen molar-refractivity contribution in [2.75, 3.05) is 7.11 Å². The SMILES string of the molecule is COc1ccc(C(C)C)cc1S(=O)(=O)NCc1ccccc1. The smallest absolute Gasteiger partial charge is 0.244 e.